The number of fused-ring (bicyclic) bond motifs is 1. The zero-order valence-corrected chi connectivity index (χ0v) is 21.4. The SMILES string of the molecule is Cc1ccc2nc(N(CCCN3CCOCC3)C(=O)CCCSc3ccc(Cl)cc3)sc2c1. The maximum atomic E-state index is 13.3. The van der Waals surface area contributed by atoms with E-state index >= 15 is 0 Å². The molecule has 0 spiro atoms. The van der Waals surface area contributed by atoms with Gasteiger partial charge in [0.15, 0.2) is 5.13 Å². The van der Waals surface area contributed by atoms with E-state index in [9.17, 15) is 4.79 Å². The first-order chi connectivity index (χ1) is 16.1. The monoisotopic (exact) mass is 503 g/mol. The Morgan fingerprint density at radius 2 is 1.97 bits per heavy atom. The number of hydrogen-bond donors (Lipinski definition) is 0. The van der Waals surface area contributed by atoms with Gasteiger partial charge >= 0.3 is 0 Å². The van der Waals surface area contributed by atoms with Crippen LogP contribution in [0, 0.1) is 6.92 Å². The third kappa shape index (κ3) is 7.17. The van der Waals surface area contributed by atoms with E-state index < -0.39 is 0 Å². The van der Waals surface area contributed by atoms with Gasteiger partial charge in [-0.3, -0.25) is 14.6 Å². The van der Waals surface area contributed by atoms with E-state index in [0.717, 1.165) is 71.8 Å². The molecule has 0 saturated carbocycles. The lowest BCUT2D eigenvalue weighted by Gasteiger charge is -2.27. The molecule has 0 bridgehead atoms. The van der Waals surface area contributed by atoms with Gasteiger partial charge in [-0.2, -0.15) is 0 Å². The highest BCUT2D eigenvalue weighted by atomic mass is 35.5. The standard InChI is InChI=1S/C25H30ClN3O2S2/c1-19-5-10-22-23(18-19)33-25(27-22)29(12-3-11-28-13-15-31-16-14-28)24(30)4-2-17-32-21-8-6-20(26)7-9-21/h5-10,18H,2-4,11-17H2,1H3. The van der Waals surface area contributed by atoms with Crippen molar-refractivity contribution < 1.29 is 9.53 Å². The van der Waals surface area contributed by atoms with E-state index in [1.807, 2.05) is 35.2 Å². The van der Waals surface area contributed by atoms with Crippen molar-refractivity contribution in [2.75, 3.05) is 50.0 Å². The first-order valence-corrected chi connectivity index (χ1v) is 13.6. The lowest BCUT2D eigenvalue weighted by atomic mass is 10.2. The molecule has 0 atom stereocenters. The first kappa shape index (κ1) is 24.5. The Bertz CT molecular complexity index is 1050. The van der Waals surface area contributed by atoms with Crippen LogP contribution < -0.4 is 4.90 Å². The normalized spacial score (nSPS) is 14.6. The van der Waals surface area contributed by atoms with Crippen LogP contribution in [-0.4, -0.2) is 60.9 Å². The van der Waals surface area contributed by atoms with Crippen molar-refractivity contribution in [1.29, 1.82) is 0 Å². The van der Waals surface area contributed by atoms with Crippen molar-refractivity contribution in [3.63, 3.8) is 0 Å². The summed E-state index contributed by atoms with van der Waals surface area (Å²) in [7, 11) is 0. The Labute approximate surface area is 209 Å². The molecule has 5 nitrogen and oxygen atoms in total. The maximum Gasteiger partial charge on any atom is 0.228 e. The summed E-state index contributed by atoms with van der Waals surface area (Å²) in [6.07, 6.45) is 2.28. The molecule has 176 valence electrons. The fourth-order valence-corrected chi connectivity index (χ4v) is 5.90. The quantitative estimate of drug-likeness (QED) is 0.255. The summed E-state index contributed by atoms with van der Waals surface area (Å²) in [5.41, 5.74) is 2.17. The average Bonchev–Trinajstić information content (AvgIpc) is 3.24. The van der Waals surface area contributed by atoms with Gasteiger partial charge in [-0.05, 0) is 67.5 Å². The number of hydrogen-bond acceptors (Lipinski definition) is 6. The molecule has 0 unspecified atom stereocenters. The zero-order chi connectivity index (χ0) is 23.0. The molecule has 33 heavy (non-hydrogen) atoms. The molecular formula is C25H30ClN3O2S2. The maximum absolute atomic E-state index is 13.3. The second-order valence-electron chi connectivity index (χ2n) is 8.23. The van der Waals surface area contributed by atoms with Gasteiger partial charge < -0.3 is 4.74 Å². The molecule has 2 heterocycles. The van der Waals surface area contributed by atoms with Crippen LogP contribution in [0.1, 0.15) is 24.8 Å². The number of carbonyl (C=O) groups is 1. The van der Waals surface area contributed by atoms with Crippen molar-refractivity contribution in [2.45, 2.75) is 31.1 Å². The Morgan fingerprint density at radius 1 is 1.18 bits per heavy atom. The molecule has 1 aliphatic rings. The highest BCUT2D eigenvalue weighted by Gasteiger charge is 2.20. The number of amides is 1. The van der Waals surface area contributed by atoms with Gasteiger partial charge in [0.2, 0.25) is 5.91 Å². The number of halogens is 1. The summed E-state index contributed by atoms with van der Waals surface area (Å²) in [6, 6.07) is 14.1. The van der Waals surface area contributed by atoms with Crippen LogP contribution in [-0.2, 0) is 9.53 Å². The van der Waals surface area contributed by atoms with Crippen LogP contribution in [0.25, 0.3) is 10.2 Å². The molecule has 1 aromatic heterocycles. The number of benzene rings is 2. The van der Waals surface area contributed by atoms with Crippen LogP contribution in [0.2, 0.25) is 5.02 Å². The van der Waals surface area contributed by atoms with Crippen molar-refractivity contribution in [2.24, 2.45) is 0 Å². The van der Waals surface area contributed by atoms with Crippen LogP contribution in [0.5, 0.6) is 0 Å². The number of morpholine rings is 1. The molecule has 3 aromatic rings. The molecule has 8 heteroatoms. The molecule has 1 amide bonds. The molecule has 0 radical (unpaired) electrons. The molecule has 0 aliphatic carbocycles. The molecule has 1 aliphatic heterocycles. The number of thioether (sulfide) groups is 1. The van der Waals surface area contributed by atoms with E-state index in [-0.39, 0.29) is 5.91 Å². The third-order valence-electron chi connectivity index (χ3n) is 5.64. The van der Waals surface area contributed by atoms with Gasteiger partial charge in [0.1, 0.15) is 0 Å². The molecular weight excluding hydrogens is 474 g/mol. The Hall–Kier alpha value is -1.64. The second-order valence-corrected chi connectivity index (χ2v) is 10.8. The van der Waals surface area contributed by atoms with E-state index in [4.69, 9.17) is 21.3 Å². The van der Waals surface area contributed by atoms with E-state index in [1.165, 1.54) is 10.5 Å². The third-order valence-corrected chi connectivity index (χ3v) is 8.03. The summed E-state index contributed by atoms with van der Waals surface area (Å²) in [4.78, 5) is 23.6. The van der Waals surface area contributed by atoms with Gasteiger partial charge in [-0.1, -0.05) is 29.0 Å². The molecule has 0 N–H and O–H groups in total. The Kier molecular flexibility index (Phi) is 9.03. The smallest absolute Gasteiger partial charge is 0.228 e. The second kappa shape index (κ2) is 12.2. The number of thiazole rings is 1. The van der Waals surface area contributed by atoms with Crippen molar-refractivity contribution in [1.82, 2.24) is 9.88 Å². The summed E-state index contributed by atoms with van der Waals surface area (Å²) in [5.74, 6) is 1.05. The minimum absolute atomic E-state index is 0.157. The average molecular weight is 504 g/mol. The minimum atomic E-state index is 0.157. The van der Waals surface area contributed by atoms with E-state index in [2.05, 4.69) is 24.0 Å². The number of rotatable bonds is 10. The number of carbonyl (C=O) groups excluding carboxylic acids is 1. The van der Waals surface area contributed by atoms with Crippen LogP contribution >= 0.6 is 34.7 Å². The molecule has 2 aromatic carbocycles. The van der Waals surface area contributed by atoms with Crippen LogP contribution in [0.3, 0.4) is 0 Å². The fourth-order valence-electron chi connectivity index (χ4n) is 3.82. The topological polar surface area (TPSA) is 45.7 Å². The number of nitrogens with zero attached hydrogens (tertiary/aromatic N) is 3. The van der Waals surface area contributed by atoms with Gasteiger partial charge in [0, 0.05) is 42.5 Å². The predicted octanol–water partition coefficient (Wildman–Crippen LogP) is 5.89. The highest BCUT2D eigenvalue weighted by Crippen LogP contribution is 2.30. The largest absolute Gasteiger partial charge is 0.379 e. The summed E-state index contributed by atoms with van der Waals surface area (Å²) >= 11 is 9.34. The van der Waals surface area contributed by atoms with Crippen LogP contribution in [0.4, 0.5) is 5.13 Å². The van der Waals surface area contributed by atoms with Crippen molar-refractivity contribution in [3.8, 4) is 0 Å². The van der Waals surface area contributed by atoms with Gasteiger partial charge in [0.05, 0.1) is 23.4 Å². The fraction of sp³-hybridized carbons (Fsp3) is 0.440. The lowest BCUT2D eigenvalue weighted by Crippen LogP contribution is -2.39. The Balaban J connectivity index is 1.36. The number of ether oxygens (including phenoxy) is 1. The van der Waals surface area contributed by atoms with Gasteiger partial charge in [0.25, 0.3) is 0 Å². The van der Waals surface area contributed by atoms with Gasteiger partial charge in [-0.15, -0.1) is 11.8 Å². The minimum Gasteiger partial charge on any atom is -0.379 e. The van der Waals surface area contributed by atoms with Crippen LogP contribution in [0.15, 0.2) is 47.4 Å². The number of anilines is 1. The van der Waals surface area contributed by atoms with Crippen molar-refractivity contribution >= 4 is 56.0 Å². The molecule has 1 saturated heterocycles. The zero-order valence-electron chi connectivity index (χ0n) is 19.0. The number of aromatic nitrogens is 1. The summed E-state index contributed by atoms with van der Waals surface area (Å²) < 4.78 is 6.58. The Morgan fingerprint density at radius 3 is 2.76 bits per heavy atom. The van der Waals surface area contributed by atoms with E-state index in [1.54, 1.807) is 23.1 Å². The predicted molar refractivity (Wildman–Crippen MR) is 140 cm³/mol. The lowest BCUT2D eigenvalue weighted by molar-refractivity contribution is -0.118. The number of aryl methyl sites for hydroxylation is 1. The highest BCUT2D eigenvalue weighted by molar-refractivity contribution is 7.99. The van der Waals surface area contributed by atoms with Crippen molar-refractivity contribution in [3.05, 3.63) is 53.1 Å². The first-order valence-electron chi connectivity index (χ1n) is 11.4. The summed E-state index contributed by atoms with van der Waals surface area (Å²) in [5, 5.41) is 1.56. The molecule has 4 rings (SSSR count). The molecule has 1 fully saturated rings. The van der Waals surface area contributed by atoms with Gasteiger partial charge in [-0.25, -0.2) is 4.98 Å². The van der Waals surface area contributed by atoms with E-state index in [0.29, 0.717) is 13.0 Å². The summed E-state index contributed by atoms with van der Waals surface area (Å²) in [6.45, 7) is 7.29.